The first-order valence-electron chi connectivity index (χ1n) is 8.06. The van der Waals surface area contributed by atoms with Crippen LogP contribution in [-0.2, 0) is 14.3 Å². The second-order valence-corrected chi connectivity index (χ2v) is 6.69. The van der Waals surface area contributed by atoms with E-state index in [9.17, 15) is 14.4 Å². The molecule has 7 heteroatoms. The molecule has 0 bridgehead atoms. The Morgan fingerprint density at radius 1 is 1.11 bits per heavy atom. The molecule has 2 amide bonds. The van der Waals surface area contributed by atoms with E-state index < -0.39 is 17.8 Å². The molecule has 0 N–H and O–H groups in total. The summed E-state index contributed by atoms with van der Waals surface area (Å²) in [5.41, 5.74) is 1.93. The summed E-state index contributed by atoms with van der Waals surface area (Å²) in [5, 5.41) is 0.189. The minimum atomic E-state index is -0.648. The van der Waals surface area contributed by atoms with Crippen molar-refractivity contribution in [3.63, 3.8) is 0 Å². The van der Waals surface area contributed by atoms with Crippen LogP contribution < -0.4 is 4.90 Å². The van der Waals surface area contributed by atoms with Gasteiger partial charge in [0, 0.05) is 11.6 Å². The van der Waals surface area contributed by atoms with E-state index in [1.807, 2.05) is 19.1 Å². The smallest absolute Gasteiger partial charge is 0.331 e. The van der Waals surface area contributed by atoms with Crippen molar-refractivity contribution in [3.8, 4) is 0 Å². The number of thioether (sulfide) groups is 1. The number of anilines is 1. The molecule has 0 unspecified atom stereocenters. The maximum Gasteiger partial charge on any atom is 0.331 e. The summed E-state index contributed by atoms with van der Waals surface area (Å²) in [6, 6.07) is 15.8. The predicted molar refractivity (Wildman–Crippen MR) is 105 cm³/mol. The molecule has 0 saturated carbocycles. The number of methoxy groups -OCH3 is 1. The molecule has 6 nitrogen and oxygen atoms in total. The normalized spacial score (nSPS) is 16.8. The van der Waals surface area contributed by atoms with Gasteiger partial charge in [0.1, 0.15) is 0 Å². The number of amides is 2. The van der Waals surface area contributed by atoms with E-state index >= 15 is 0 Å². The molecule has 0 radical (unpaired) electrons. The molecular weight excluding hydrogens is 364 g/mol. The summed E-state index contributed by atoms with van der Waals surface area (Å²) in [7, 11) is 1.23. The highest BCUT2D eigenvalue weighted by atomic mass is 32.2. The lowest BCUT2D eigenvalue weighted by Crippen LogP contribution is -2.29. The number of aliphatic imine (C=N–C) groups is 1. The summed E-state index contributed by atoms with van der Waals surface area (Å²) in [4.78, 5) is 42.5. The van der Waals surface area contributed by atoms with Crippen LogP contribution in [0.2, 0.25) is 0 Å². The zero-order valence-corrected chi connectivity index (χ0v) is 15.5. The number of benzene rings is 2. The molecule has 1 aliphatic heterocycles. The lowest BCUT2D eigenvalue weighted by Gasteiger charge is -2.15. The van der Waals surface area contributed by atoms with Crippen LogP contribution in [0.5, 0.6) is 0 Å². The maximum absolute atomic E-state index is 12.8. The van der Waals surface area contributed by atoms with Crippen LogP contribution in [0.4, 0.5) is 5.69 Å². The highest BCUT2D eigenvalue weighted by Gasteiger charge is 2.36. The van der Waals surface area contributed by atoms with Crippen molar-refractivity contribution in [1.82, 2.24) is 0 Å². The first-order chi connectivity index (χ1) is 13.0. The Morgan fingerprint density at radius 2 is 1.85 bits per heavy atom. The SMILES string of the molecule is COC(=O)/C=C1\SC(=NC(=O)c2ccccc2)N(c2cccc(C)c2)C1=O. The van der Waals surface area contributed by atoms with E-state index in [1.165, 1.54) is 12.0 Å². The van der Waals surface area contributed by atoms with Gasteiger partial charge in [-0.3, -0.25) is 14.5 Å². The number of aryl methyl sites for hydroxylation is 1. The van der Waals surface area contributed by atoms with Crippen LogP contribution in [0.25, 0.3) is 0 Å². The first-order valence-corrected chi connectivity index (χ1v) is 8.88. The number of nitrogens with zero attached hydrogens (tertiary/aromatic N) is 2. The van der Waals surface area contributed by atoms with Gasteiger partial charge in [-0.25, -0.2) is 4.79 Å². The van der Waals surface area contributed by atoms with E-state index in [2.05, 4.69) is 9.73 Å². The van der Waals surface area contributed by atoms with Gasteiger partial charge in [0.05, 0.1) is 17.7 Å². The maximum atomic E-state index is 12.8. The lowest BCUT2D eigenvalue weighted by molar-refractivity contribution is -0.135. The molecule has 3 rings (SSSR count). The molecule has 1 fully saturated rings. The Kier molecular flexibility index (Phi) is 5.52. The fourth-order valence-electron chi connectivity index (χ4n) is 2.44. The van der Waals surface area contributed by atoms with E-state index in [0.717, 1.165) is 23.4 Å². The van der Waals surface area contributed by atoms with Crippen LogP contribution in [0.3, 0.4) is 0 Å². The standard InChI is InChI=1S/C20H16N2O4S/c1-13-7-6-10-15(11-13)22-19(25)16(12-17(23)26-2)27-20(22)21-18(24)14-8-4-3-5-9-14/h3-12H,1-2H3/b16-12-,21-20?. The second-order valence-electron chi connectivity index (χ2n) is 5.68. The summed E-state index contributed by atoms with van der Waals surface area (Å²) in [6.45, 7) is 1.90. The molecule has 0 aromatic heterocycles. The van der Waals surface area contributed by atoms with Crippen LogP contribution in [0, 0.1) is 6.92 Å². The van der Waals surface area contributed by atoms with Crippen molar-refractivity contribution in [1.29, 1.82) is 0 Å². The zero-order chi connectivity index (χ0) is 19.4. The van der Waals surface area contributed by atoms with E-state index in [0.29, 0.717) is 11.3 Å². The summed E-state index contributed by atoms with van der Waals surface area (Å²) in [6.07, 6.45) is 1.10. The average molecular weight is 380 g/mol. The van der Waals surface area contributed by atoms with Gasteiger partial charge in [-0.15, -0.1) is 0 Å². The topological polar surface area (TPSA) is 76.0 Å². The molecule has 2 aromatic rings. The molecule has 136 valence electrons. The van der Waals surface area contributed by atoms with Gasteiger partial charge >= 0.3 is 5.97 Å². The molecule has 1 aliphatic rings. The number of carbonyl (C=O) groups is 3. The molecule has 0 spiro atoms. The number of rotatable bonds is 3. The Hall–Kier alpha value is -3.19. The summed E-state index contributed by atoms with van der Waals surface area (Å²) < 4.78 is 4.60. The largest absolute Gasteiger partial charge is 0.466 e. The van der Waals surface area contributed by atoms with Gasteiger partial charge < -0.3 is 4.74 Å². The van der Waals surface area contributed by atoms with Crippen molar-refractivity contribution in [3.05, 3.63) is 76.7 Å². The highest BCUT2D eigenvalue weighted by Crippen LogP contribution is 2.35. The summed E-state index contributed by atoms with van der Waals surface area (Å²) in [5.74, 6) is -1.55. The van der Waals surface area contributed by atoms with Crippen LogP contribution >= 0.6 is 11.8 Å². The van der Waals surface area contributed by atoms with E-state index in [-0.39, 0.29) is 10.1 Å². The third-order valence-corrected chi connectivity index (χ3v) is 4.70. The van der Waals surface area contributed by atoms with Crippen LogP contribution in [0.1, 0.15) is 15.9 Å². The van der Waals surface area contributed by atoms with Gasteiger partial charge in [-0.2, -0.15) is 4.99 Å². The molecule has 2 aromatic carbocycles. The zero-order valence-electron chi connectivity index (χ0n) is 14.7. The third kappa shape index (κ3) is 4.15. The minimum Gasteiger partial charge on any atom is -0.466 e. The minimum absolute atomic E-state index is 0.142. The van der Waals surface area contributed by atoms with Gasteiger partial charge in [-0.05, 0) is 48.5 Å². The Morgan fingerprint density at radius 3 is 2.52 bits per heavy atom. The van der Waals surface area contributed by atoms with E-state index in [1.54, 1.807) is 42.5 Å². The Labute approximate surface area is 160 Å². The van der Waals surface area contributed by atoms with Crippen molar-refractivity contribution >= 4 is 40.4 Å². The fraction of sp³-hybridized carbons (Fsp3) is 0.100. The molecule has 1 saturated heterocycles. The fourth-order valence-corrected chi connectivity index (χ4v) is 3.38. The highest BCUT2D eigenvalue weighted by molar-refractivity contribution is 8.19. The Bertz CT molecular complexity index is 967. The molecular formula is C20H16N2O4S. The number of ether oxygens (including phenoxy) is 1. The number of carbonyl (C=O) groups excluding carboxylic acids is 3. The number of hydrogen-bond donors (Lipinski definition) is 0. The van der Waals surface area contributed by atoms with Crippen molar-refractivity contribution in [2.24, 2.45) is 4.99 Å². The average Bonchev–Trinajstić information content (AvgIpc) is 2.97. The molecule has 0 atom stereocenters. The monoisotopic (exact) mass is 380 g/mol. The first kappa shape index (κ1) is 18.6. The van der Waals surface area contributed by atoms with Crippen LogP contribution in [-0.4, -0.2) is 30.1 Å². The number of amidine groups is 1. The lowest BCUT2D eigenvalue weighted by atomic mass is 10.2. The van der Waals surface area contributed by atoms with E-state index in [4.69, 9.17) is 0 Å². The van der Waals surface area contributed by atoms with Gasteiger partial charge in [-0.1, -0.05) is 30.3 Å². The summed E-state index contributed by atoms with van der Waals surface area (Å²) >= 11 is 0.960. The predicted octanol–water partition coefficient (Wildman–Crippen LogP) is 3.33. The van der Waals surface area contributed by atoms with Gasteiger partial charge in [0.15, 0.2) is 5.17 Å². The van der Waals surface area contributed by atoms with Crippen molar-refractivity contribution < 1.29 is 19.1 Å². The molecule has 27 heavy (non-hydrogen) atoms. The molecule has 1 heterocycles. The molecule has 0 aliphatic carbocycles. The number of esters is 1. The van der Waals surface area contributed by atoms with Crippen LogP contribution in [0.15, 0.2) is 70.6 Å². The van der Waals surface area contributed by atoms with Crippen molar-refractivity contribution in [2.75, 3.05) is 12.0 Å². The Balaban J connectivity index is 2.04. The third-order valence-electron chi connectivity index (χ3n) is 3.73. The van der Waals surface area contributed by atoms with Gasteiger partial charge in [0.2, 0.25) is 0 Å². The quantitative estimate of drug-likeness (QED) is 0.603. The van der Waals surface area contributed by atoms with Gasteiger partial charge in [0.25, 0.3) is 11.8 Å². The van der Waals surface area contributed by atoms with Crippen molar-refractivity contribution in [2.45, 2.75) is 6.92 Å². The number of hydrogen-bond acceptors (Lipinski definition) is 5. The second kappa shape index (κ2) is 8.01.